The largest absolute Gasteiger partial charge is 0.306 e. The Morgan fingerprint density at radius 1 is 1.35 bits per heavy atom. The highest BCUT2D eigenvalue weighted by molar-refractivity contribution is 5.34. The van der Waals surface area contributed by atoms with Crippen LogP contribution in [-0.4, -0.2) is 4.98 Å². The predicted octanol–water partition coefficient (Wildman–Crippen LogP) is 3.08. The highest BCUT2D eigenvalue weighted by Crippen LogP contribution is 2.17. The molecule has 0 saturated carbocycles. The molecule has 3 nitrogen and oxygen atoms in total. The molecule has 1 heterocycles. The summed E-state index contributed by atoms with van der Waals surface area (Å²) in [5, 5.41) is 11.7. The van der Waals surface area contributed by atoms with Gasteiger partial charge in [-0.2, -0.15) is 5.26 Å². The molecule has 102 valence electrons. The Kier molecular flexibility index (Phi) is 4.38. The summed E-state index contributed by atoms with van der Waals surface area (Å²) in [5.41, 5.74) is 0.839. The summed E-state index contributed by atoms with van der Waals surface area (Å²) in [6, 6.07) is 7.39. The molecular weight excluding hydrogens is 260 g/mol. The number of rotatable bonds is 4. The van der Waals surface area contributed by atoms with Gasteiger partial charge in [-0.3, -0.25) is 4.98 Å². The van der Waals surface area contributed by atoms with Gasteiger partial charge in [-0.05, 0) is 30.7 Å². The third kappa shape index (κ3) is 3.16. The van der Waals surface area contributed by atoms with Gasteiger partial charge in [0.1, 0.15) is 11.6 Å². The molecule has 0 amide bonds. The van der Waals surface area contributed by atoms with E-state index >= 15 is 0 Å². The monoisotopic (exact) mass is 273 g/mol. The first-order chi connectivity index (χ1) is 9.61. The highest BCUT2D eigenvalue weighted by Gasteiger charge is 2.13. The van der Waals surface area contributed by atoms with Gasteiger partial charge in [-0.15, -0.1) is 0 Å². The topological polar surface area (TPSA) is 48.7 Å². The molecule has 2 rings (SSSR count). The number of nitriles is 1. The molecule has 1 aromatic heterocycles. The van der Waals surface area contributed by atoms with Gasteiger partial charge in [0.15, 0.2) is 0 Å². The van der Waals surface area contributed by atoms with Crippen LogP contribution in [0.15, 0.2) is 36.7 Å². The maximum atomic E-state index is 13.7. The third-order valence-electron chi connectivity index (χ3n) is 3.04. The van der Waals surface area contributed by atoms with E-state index in [1.165, 1.54) is 0 Å². The second-order valence-corrected chi connectivity index (χ2v) is 4.42. The van der Waals surface area contributed by atoms with Gasteiger partial charge in [0.2, 0.25) is 0 Å². The van der Waals surface area contributed by atoms with Gasteiger partial charge in [-0.25, -0.2) is 8.78 Å². The summed E-state index contributed by atoms with van der Waals surface area (Å²) in [7, 11) is 0. The Morgan fingerprint density at radius 3 is 2.60 bits per heavy atom. The molecule has 0 unspecified atom stereocenters. The molecule has 0 fully saturated rings. The number of aromatic nitrogens is 1. The van der Waals surface area contributed by atoms with Crippen LogP contribution >= 0.6 is 0 Å². The summed E-state index contributed by atoms with van der Waals surface area (Å²) in [5.74, 6) is -1.43. The van der Waals surface area contributed by atoms with E-state index in [1.54, 1.807) is 24.5 Å². The van der Waals surface area contributed by atoms with Crippen LogP contribution in [-0.2, 0) is 6.54 Å². The smallest absolute Gasteiger partial charge is 0.131 e. The van der Waals surface area contributed by atoms with Crippen LogP contribution < -0.4 is 5.32 Å². The van der Waals surface area contributed by atoms with E-state index in [9.17, 15) is 8.78 Å². The van der Waals surface area contributed by atoms with Crippen LogP contribution in [0.1, 0.15) is 29.7 Å². The normalized spacial score (nSPS) is 11.9. The molecule has 0 radical (unpaired) electrons. The van der Waals surface area contributed by atoms with Crippen LogP contribution in [0.4, 0.5) is 8.78 Å². The number of pyridine rings is 1. The van der Waals surface area contributed by atoms with Gasteiger partial charge < -0.3 is 5.32 Å². The van der Waals surface area contributed by atoms with Crippen molar-refractivity contribution >= 4 is 0 Å². The molecule has 20 heavy (non-hydrogen) atoms. The van der Waals surface area contributed by atoms with Crippen molar-refractivity contribution in [1.29, 1.82) is 5.26 Å². The number of hydrogen-bond donors (Lipinski definition) is 1. The summed E-state index contributed by atoms with van der Waals surface area (Å²) in [6.07, 6.45) is 3.36. The lowest BCUT2D eigenvalue weighted by Crippen LogP contribution is -2.20. The first kappa shape index (κ1) is 14.1. The quantitative estimate of drug-likeness (QED) is 0.931. The lowest BCUT2D eigenvalue weighted by atomic mass is 10.1. The van der Waals surface area contributed by atoms with Crippen molar-refractivity contribution in [3.63, 3.8) is 0 Å². The minimum Gasteiger partial charge on any atom is -0.306 e. The molecule has 1 atom stereocenters. The first-order valence-electron chi connectivity index (χ1n) is 6.13. The molecule has 0 aliphatic heterocycles. The summed E-state index contributed by atoms with van der Waals surface area (Å²) in [6.45, 7) is 1.93. The molecule has 0 bridgehead atoms. The van der Waals surface area contributed by atoms with Gasteiger partial charge in [0, 0.05) is 30.5 Å². The molecule has 0 spiro atoms. The molecule has 2 aromatic rings. The average Bonchev–Trinajstić information content (AvgIpc) is 2.46. The first-order valence-corrected chi connectivity index (χ1v) is 6.13. The van der Waals surface area contributed by atoms with E-state index in [1.807, 2.05) is 13.0 Å². The maximum absolute atomic E-state index is 13.7. The predicted molar refractivity (Wildman–Crippen MR) is 70.6 cm³/mol. The molecule has 1 aromatic carbocycles. The molecule has 1 N–H and O–H groups in total. The Labute approximate surface area is 115 Å². The molecule has 5 heteroatoms. The van der Waals surface area contributed by atoms with Crippen LogP contribution in [0.2, 0.25) is 0 Å². The molecule has 0 aliphatic rings. The van der Waals surface area contributed by atoms with E-state index in [2.05, 4.69) is 10.3 Å². The number of nitrogens with zero attached hydrogens (tertiary/aromatic N) is 2. The minimum absolute atomic E-state index is 0.0240. The van der Waals surface area contributed by atoms with Crippen molar-refractivity contribution in [2.45, 2.75) is 19.5 Å². The zero-order chi connectivity index (χ0) is 14.5. The Bertz CT molecular complexity index is 612. The van der Waals surface area contributed by atoms with E-state index in [-0.39, 0.29) is 23.7 Å². The van der Waals surface area contributed by atoms with Gasteiger partial charge in [0.25, 0.3) is 0 Å². The van der Waals surface area contributed by atoms with Crippen LogP contribution in [0.25, 0.3) is 0 Å². The summed E-state index contributed by atoms with van der Waals surface area (Å²) in [4.78, 5) is 3.99. The highest BCUT2D eigenvalue weighted by atomic mass is 19.1. The van der Waals surface area contributed by atoms with Gasteiger partial charge in [-0.1, -0.05) is 6.07 Å². The zero-order valence-corrected chi connectivity index (χ0v) is 10.9. The maximum Gasteiger partial charge on any atom is 0.131 e. The lowest BCUT2D eigenvalue weighted by Gasteiger charge is -2.14. The fraction of sp³-hybridized carbons (Fsp3) is 0.200. The summed E-state index contributed by atoms with van der Waals surface area (Å²) >= 11 is 0. The third-order valence-corrected chi connectivity index (χ3v) is 3.04. The Balaban J connectivity index is 2.10. The van der Waals surface area contributed by atoms with E-state index in [0.29, 0.717) is 0 Å². The van der Waals surface area contributed by atoms with Crippen molar-refractivity contribution in [1.82, 2.24) is 10.3 Å². The second-order valence-electron chi connectivity index (χ2n) is 4.42. The van der Waals surface area contributed by atoms with E-state index in [4.69, 9.17) is 5.26 Å². The van der Waals surface area contributed by atoms with Crippen molar-refractivity contribution in [3.8, 4) is 6.07 Å². The molecular formula is C15H13F2N3. The van der Waals surface area contributed by atoms with Crippen LogP contribution in [0.5, 0.6) is 0 Å². The molecule has 0 saturated heterocycles. The average molecular weight is 273 g/mol. The van der Waals surface area contributed by atoms with Crippen LogP contribution in [0.3, 0.4) is 0 Å². The standard InChI is InChI=1S/C15H13F2N3/c1-10(12-3-2-4-19-8-12)20-9-13-14(16)5-11(7-18)6-15(13)17/h2-6,8,10,20H,9H2,1H3/t10-/m0/s1. The number of benzene rings is 1. The lowest BCUT2D eigenvalue weighted by molar-refractivity contribution is 0.508. The second kappa shape index (κ2) is 6.22. The van der Waals surface area contributed by atoms with Crippen molar-refractivity contribution in [2.75, 3.05) is 0 Å². The fourth-order valence-corrected chi connectivity index (χ4v) is 1.84. The Morgan fingerprint density at radius 2 is 2.05 bits per heavy atom. The SMILES string of the molecule is C[C@H](NCc1c(F)cc(C#N)cc1F)c1cccnc1. The zero-order valence-electron chi connectivity index (χ0n) is 10.9. The number of nitrogens with one attached hydrogen (secondary N) is 1. The minimum atomic E-state index is -0.715. The van der Waals surface area contributed by atoms with Crippen LogP contribution in [0, 0.1) is 23.0 Å². The van der Waals surface area contributed by atoms with E-state index in [0.717, 1.165) is 17.7 Å². The number of halogens is 2. The molecule has 0 aliphatic carbocycles. The summed E-state index contributed by atoms with van der Waals surface area (Å²) < 4.78 is 27.4. The van der Waals surface area contributed by atoms with Crippen molar-refractivity contribution in [3.05, 3.63) is 65.0 Å². The Hall–Kier alpha value is -2.32. The van der Waals surface area contributed by atoms with Gasteiger partial charge >= 0.3 is 0 Å². The van der Waals surface area contributed by atoms with Crippen molar-refractivity contribution < 1.29 is 8.78 Å². The number of hydrogen-bond acceptors (Lipinski definition) is 3. The van der Waals surface area contributed by atoms with E-state index < -0.39 is 11.6 Å². The van der Waals surface area contributed by atoms with Crippen molar-refractivity contribution in [2.24, 2.45) is 0 Å². The fourth-order valence-electron chi connectivity index (χ4n) is 1.84. The van der Waals surface area contributed by atoms with Gasteiger partial charge in [0.05, 0.1) is 11.6 Å².